The van der Waals surface area contributed by atoms with Crippen molar-refractivity contribution in [2.45, 2.75) is 51.2 Å². The van der Waals surface area contributed by atoms with E-state index in [1.807, 2.05) is 24.3 Å². The molecule has 0 aromatic heterocycles. The molecule has 0 radical (unpaired) electrons. The Labute approximate surface area is 219 Å². The van der Waals surface area contributed by atoms with Crippen LogP contribution in [0.25, 0.3) is 0 Å². The van der Waals surface area contributed by atoms with Gasteiger partial charge in [0.1, 0.15) is 0 Å². The highest BCUT2D eigenvalue weighted by atomic mass is 35.5. The molecule has 0 aliphatic carbocycles. The summed E-state index contributed by atoms with van der Waals surface area (Å²) in [5.74, 6) is 0.807. The Morgan fingerprint density at radius 2 is 1.69 bits per heavy atom. The van der Waals surface area contributed by atoms with Gasteiger partial charge in [0.2, 0.25) is 0 Å². The molecule has 3 aromatic rings. The van der Waals surface area contributed by atoms with Gasteiger partial charge in [-0.1, -0.05) is 62.7 Å². The molecule has 1 aliphatic rings. The van der Waals surface area contributed by atoms with Gasteiger partial charge in [-0.15, -0.1) is 0 Å². The van der Waals surface area contributed by atoms with Gasteiger partial charge < -0.3 is 5.32 Å². The van der Waals surface area contributed by atoms with E-state index in [-0.39, 0.29) is 11.7 Å². The van der Waals surface area contributed by atoms with Crippen molar-refractivity contribution in [3.8, 4) is 0 Å². The summed E-state index contributed by atoms with van der Waals surface area (Å²) in [4.78, 5) is 15.7. The van der Waals surface area contributed by atoms with Crippen LogP contribution < -0.4 is 5.32 Å². The van der Waals surface area contributed by atoms with Gasteiger partial charge in [0.05, 0.1) is 10.6 Å². The van der Waals surface area contributed by atoms with Crippen molar-refractivity contribution in [3.63, 3.8) is 0 Å². The van der Waals surface area contributed by atoms with E-state index in [1.54, 1.807) is 31.2 Å². The molecule has 0 unspecified atom stereocenters. The molecule has 3 aromatic carbocycles. The normalized spacial score (nSPS) is 16.1. The zero-order valence-electron chi connectivity index (χ0n) is 21.0. The van der Waals surface area contributed by atoms with Gasteiger partial charge in [-0.3, -0.25) is 9.69 Å². The first-order chi connectivity index (χ1) is 17.2. The van der Waals surface area contributed by atoms with Crippen molar-refractivity contribution >= 4 is 27.3 Å². The number of hydrogen-bond acceptors (Lipinski definition) is 4. The molecule has 7 heteroatoms. The van der Waals surface area contributed by atoms with Gasteiger partial charge >= 0.3 is 0 Å². The van der Waals surface area contributed by atoms with Crippen molar-refractivity contribution in [1.29, 1.82) is 0 Å². The third-order valence-corrected chi connectivity index (χ3v) is 8.90. The van der Waals surface area contributed by atoms with Crippen LogP contribution in [0.4, 0.5) is 0 Å². The maximum atomic E-state index is 13.0. The Bertz CT molecular complexity index is 1320. The van der Waals surface area contributed by atoms with E-state index in [4.69, 9.17) is 11.6 Å². The van der Waals surface area contributed by atoms with E-state index in [0.717, 1.165) is 30.2 Å². The van der Waals surface area contributed by atoms with Crippen molar-refractivity contribution in [2.24, 2.45) is 5.92 Å². The molecule has 0 saturated heterocycles. The first-order valence-corrected chi connectivity index (χ1v) is 14.4. The molecule has 1 amide bonds. The molecule has 1 N–H and O–H groups in total. The summed E-state index contributed by atoms with van der Waals surface area (Å²) < 4.78 is 24.0. The highest BCUT2D eigenvalue weighted by molar-refractivity contribution is 7.91. The van der Waals surface area contributed by atoms with Gasteiger partial charge in [-0.05, 0) is 70.5 Å². The lowest BCUT2D eigenvalue weighted by atomic mass is 9.81. The fourth-order valence-electron chi connectivity index (χ4n) is 4.73. The van der Waals surface area contributed by atoms with Crippen LogP contribution in [-0.2, 0) is 29.5 Å². The van der Waals surface area contributed by atoms with Crippen LogP contribution in [-0.4, -0.2) is 31.5 Å². The predicted octanol–water partition coefficient (Wildman–Crippen LogP) is 5.82. The van der Waals surface area contributed by atoms with Crippen molar-refractivity contribution in [2.75, 3.05) is 12.3 Å². The number of carbonyl (C=O) groups is 1. The summed E-state index contributed by atoms with van der Waals surface area (Å²) in [5, 5.41) is 3.71. The molecule has 5 nitrogen and oxygen atoms in total. The molecule has 4 rings (SSSR count). The first kappa shape index (κ1) is 26.4. The molecule has 1 aliphatic heterocycles. The van der Waals surface area contributed by atoms with Gasteiger partial charge in [0, 0.05) is 36.8 Å². The van der Waals surface area contributed by atoms with Gasteiger partial charge in [-0.2, -0.15) is 0 Å². The Kier molecular flexibility index (Phi) is 8.18. The summed E-state index contributed by atoms with van der Waals surface area (Å²) in [6.45, 7) is 9.05. The Hall–Kier alpha value is -2.67. The molecule has 1 atom stereocenters. The van der Waals surface area contributed by atoms with Crippen LogP contribution >= 0.6 is 11.6 Å². The smallest absolute Gasteiger partial charge is 0.251 e. The van der Waals surface area contributed by atoms with Crippen LogP contribution in [0.1, 0.15) is 59.3 Å². The van der Waals surface area contributed by atoms with Crippen LogP contribution in [0.15, 0.2) is 71.6 Å². The number of amides is 1. The largest absolute Gasteiger partial charge is 0.348 e. The molecule has 0 bridgehead atoms. The molecule has 1 heterocycles. The first-order valence-electron chi connectivity index (χ1n) is 12.4. The monoisotopic (exact) mass is 524 g/mol. The zero-order valence-corrected chi connectivity index (χ0v) is 22.6. The van der Waals surface area contributed by atoms with E-state index in [0.29, 0.717) is 28.8 Å². The van der Waals surface area contributed by atoms with Gasteiger partial charge in [0.25, 0.3) is 5.91 Å². The van der Waals surface area contributed by atoms with E-state index in [1.165, 1.54) is 16.7 Å². The van der Waals surface area contributed by atoms with Crippen molar-refractivity contribution in [1.82, 2.24) is 10.2 Å². The topological polar surface area (TPSA) is 66.5 Å². The second kappa shape index (κ2) is 11.2. The molecule has 0 spiro atoms. The maximum Gasteiger partial charge on any atom is 0.251 e. The highest BCUT2D eigenvalue weighted by Gasteiger charge is 2.28. The van der Waals surface area contributed by atoms with Crippen LogP contribution in [0.2, 0.25) is 5.02 Å². The zero-order chi connectivity index (χ0) is 25.9. The second-order valence-electron chi connectivity index (χ2n) is 9.79. The summed E-state index contributed by atoms with van der Waals surface area (Å²) in [6.07, 6.45) is 0. The summed E-state index contributed by atoms with van der Waals surface area (Å²) in [5.41, 5.74) is 5.22. The fourth-order valence-corrected chi connectivity index (χ4v) is 5.74. The van der Waals surface area contributed by atoms with Crippen LogP contribution in [0.3, 0.4) is 0 Å². The number of fused-ring (bicyclic) bond motifs is 1. The number of hydrogen-bond donors (Lipinski definition) is 1. The standard InChI is InChI=1S/C29H33ClN2O3S/c1-4-36(34,35)26-12-7-21(8-13-26)16-31-29(33)23-9-14-27-24(15-23)18-32(19-28(27)20(2)3)17-22-5-10-25(30)11-6-22/h5-15,20,28H,4,16-19H2,1-3H3,(H,31,33)/t28-/m1/s1. The number of sulfone groups is 1. The third kappa shape index (κ3) is 6.17. The molecule has 0 saturated carbocycles. The summed E-state index contributed by atoms with van der Waals surface area (Å²) in [7, 11) is -3.23. The van der Waals surface area contributed by atoms with Gasteiger partial charge in [-0.25, -0.2) is 8.42 Å². The summed E-state index contributed by atoms with van der Waals surface area (Å²) >= 11 is 6.05. The summed E-state index contributed by atoms with van der Waals surface area (Å²) in [6, 6.07) is 20.7. The predicted molar refractivity (Wildman–Crippen MR) is 145 cm³/mol. The van der Waals surface area contributed by atoms with Gasteiger partial charge in [0.15, 0.2) is 9.84 Å². The molecular formula is C29H33ClN2O3S. The molecule has 190 valence electrons. The lowest BCUT2D eigenvalue weighted by Gasteiger charge is -2.37. The van der Waals surface area contributed by atoms with Crippen LogP contribution in [0.5, 0.6) is 0 Å². The average molecular weight is 525 g/mol. The van der Waals surface area contributed by atoms with E-state index < -0.39 is 9.84 Å². The minimum atomic E-state index is -3.23. The van der Waals surface area contributed by atoms with Crippen LogP contribution in [0, 0.1) is 5.92 Å². The lowest BCUT2D eigenvalue weighted by Crippen LogP contribution is -2.35. The highest BCUT2D eigenvalue weighted by Crippen LogP contribution is 2.35. The Balaban J connectivity index is 1.46. The van der Waals surface area contributed by atoms with Crippen molar-refractivity contribution in [3.05, 3.63) is 99.6 Å². The molecule has 0 fully saturated rings. The minimum absolute atomic E-state index is 0.0657. The number of carbonyl (C=O) groups excluding carboxylic acids is 1. The number of nitrogens with one attached hydrogen (secondary N) is 1. The third-order valence-electron chi connectivity index (χ3n) is 6.89. The lowest BCUT2D eigenvalue weighted by molar-refractivity contribution is 0.0950. The Morgan fingerprint density at radius 3 is 2.33 bits per heavy atom. The van der Waals surface area contributed by atoms with E-state index >= 15 is 0 Å². The van der Waals surface area contributed by atoms with Crippen molar-refractivity contribution < 1.29 is 13.2 Å². The van der Waals surface area contributed by atoms with E-state index in [2.05, 4.69) is 42.3 Å². The second-order valence-corrected chi connectivity index (χ2v) is 12.5. The number of benzene rings is 3. The Morgan fingerprint density at radius 1 is 1.03 bits per heavy atom. The molecule has 36 heavy (non-hydrogen) atoms. The maximum absolute atomic E-state index is 13.0. The van der Waals surface area contributed by atoms with E-state index in [9.17, 15) is 13.2 Å². The number of halogens is 1. The SMILES string of the molecule is CCS(=O)(=O)c1ccc(CNC(=O)c2ccc3c(c2)CN(Cc2ccc(Cl)cc2)C[C@@H]3C(C)C)cc1. The molecular weight excluding hydrogens is 492 g/mol. The average Bonchev–Trinajstić information content (AvgIpc) is 2.88. The fraction of sp³-hybridized carbons (Fsp3) is 0.345. The quantitative estimate of drug-likeness (QED) is 0.403. The minimum Gasteiger partial charge on any atom is -0.348 e. The number of rotatable bonds is 8. The number of nitrogens with zero attached hydrogens (tertiary/aromatic N) is 1.